The van der Waals surface area contributed by atoms with Crippen LogP contribution in [-0.2, 0) is 6.42 Å². The molecule has 1 aliphatic heterocycles. The average molecular weight is 362 g/mol. The second kappa shape index (κ2) is 7.19. The molecular formula is C20H22N6O. The molecule has 0 aliphatic carbocycles. The van der Waals surface area contributed by atoms with Crippen LogP contribution in [0.3, 0.4) is 0 Å². The number of pyridine rings is 1. The number of nitrogen functional groups attached to an aromatic ring is 1. The first-order chi connectivity index (χ1) is 13.2. The number of aryl methyl sites for hydroxylation is 1. The fourth-order valence-corrected chi connectivity index (χ4v) is 3.38. The smallest absolute Gasteiger partial charge is 0.253 e. The van der Waals surface area contributed by atoms with Gasteiger partial charge in [0.25, 0.3) is 5.91 Å². The summed E-state index contributed by atoms with van der Waals surface area (Å²) in [7, 11) is 0. The largest absolute Gasteiger partial charge is 0.384 e. The molecule has 0 atom stereocenters. The quantitative estimate of drug-likeness (QED) is 0.768. The molecule has 7 nitrogen and oxygen atoms in total. The predicted octanol–water partition coefficient (Wildman–Crippen LogP) is 2.13. The summed E-state index contributed by atoms with van der Waals surface area (Å²) in [6.45, 7) is 4.85. The monoisotopic (exact) mass is 362 g/mol. The summed E-state index contributed by atoms with van der Waals surface area (Å²) < 4.78 is 0. The van der Waals surface area contributed by atoms with Crippen molar-refractivity contribution in [3.8, 4) is 0 Å². The summed E-state index contributed by atoms with van der Waals surface area (Å²) in [6, 6.07) is 11.5. The van der Waals surface area contributed by atoms with Crippen molar-refractivity contribution in [2.24, 2.45) is 0 Å². The number of rotatable bonds is 3. The Kier molecular flexibility index (Phi) is 4.58. The number of nitrogens with zero attached hydrogens (tertiary/aromatic N) is 5. The van der Waals surface area contributed by atoms with Crippen molar-refractivity contribution < 1.29 is 4.79 Å². The summed E-state index contributed by atoms with van der Waals surface area (Å²) in [5, 5.41) is 0.877. The van der Waals surface area contributed by atoms with E-state index >= 15 is 0 Å². The van der Waals surface area contributed by atoms with Crippen LogP contribution >= 0.6 is 0 Å². The number of aromatic nitrogens is 3. The Balaban J connectivity index is 1.48. The SMILES string of the molecule is CCc1ccc(C(=O)N2CCN(c3ncnc4nc(N)ccc34)CC2)cc1. The standard InChI is InChI=1S/C20H22N6O/c1-2-14-3-5-15(6-4-14)20(27)26-11-9-25(10-12-26)19-16-7-8-17(21)24-18(16)22-13-23-19/h3-8,13H,2,9-12H2,1H3,(H2,21,22,23,24). The third-order valence-electron chi connectivity index (χ3n) is 4.97. The molecule has 1 aromatic carbocycles. The van der Waals surface area contributed by atoms with E-state index in [4.69, 9.17) is 5.73 Å². The van der Waals surface area contributed by atoms with Gasteiger partial charge in [-0.25, -0.2) is 15.0 Å². The zero-order chi connectivity index (χ0) is 18.8. The van der Waals surface area contributed by atoms with Crippen molar-refractivity contribution in [2.45, 2.75) is 13.3 Å². The molecule has 0 saturated carbocycles. The number of hydrogen-bond acceptors (Lipinski definition) is 6. The van der Waals surface area contributed by atoms with E-state index in [1.807, 2.05) is 35.2 Å². The van der Waals surface area contributed by atoms with Crippen molar-refractivity contribution in [1.29, 1.82) is 0 Å². The molecule has 27 heavy (non-hydrogen) atoms. The number of carbonyl (C=O) groups is 1. The number of fused-ring (bicyclic) bond motifs is 1. The highest BCUT2D eigenvalue weighted by Gasteiger charge is 2.24. The Morgan fingerprint density at radius 3 is 2.48 bits per heavy atom. The van der Waals surface area contributed by atoms with E-state index in [1.54, 1.807) is 6.07 Å². The number of piperazine rings is 1. The van der Waals surface area contributed by atoms with Gasteiger partial charge in [-0.1, -0.05) is 19.1 Å². The summed E-state index contributed by atoms with van der Waals surface area (Å²) in [5.41, 5.74) is 8.32. The van der Waals surface area contributed by atoms with Crippen LogP contribution in [0.5, 0.6) is 0 Å². The van der Waals surface area contributed by atoms with Gasteiger partial charge in [0, 0.05) is 31.7 Å². The molecule has 0 spiro atoms. The van der Waals surface area contributed by atoms with E-state index in [0.29, 0.717) is 24.6 Å². The summed E-state index contributed by atoms with van der Waals surface area (Å²) in [6.07, 6.45) is 2.48. The lowest BCUT2D eigenvalue weighted by atomic mass is 10.1. The predicted molar refractivity (Wildman–Crippen MR) is 106 cm³/mol. The molecule has 0 bridgehead atoms. The number of amides is 1. The van der Waals surface area contributed by atoms with Gasteiger partial charge in [-0.3, -0.25) is 4.79 Å². The fourth-order valence-electron chi connectivity index (χ4n) is 3.38. The van der Waals surface area contributed by atoms with Crippen LogP contribution in [0.1, 0.15) is 22.8 Å². The Labute approximate surface area is 157 Å². The molecule has 1 amide bonds. The van der Waals surface area contributed by atoms with Gasteiger partial charge < -0.3 is 15.5 Å². The molecule has 7 heteroatoms. The fraction of sp³-hybridized carbons (Fsp3) is 0.300. The van der Waals surface area contributed by atoms with Crippen molar-refractivity contribution >= 4 is 28.6 Å². The Morgan fingerprint density at radius 1 is 1.04 bits per heavy atom. The topological polar surface area (TPSA) is 88.2 Å². The highest BCUT2D eigenvalue weighted by molar-refractivity contribution is 5.94. The number of hydrogen-bond donors (Lipinski definition) is 1. The van der Waals surface area contributed by atoms with Crippen LogP contribution in [0, 0.1) is 0 Å². The van der Waals surface area contributed by atoms with Gasteiger partial charge in [0.05, 0.1) is 5.39 Å². The molecule has 1 aliphatic rings. The van der Waals surface area contributed by atoms with Crippen LogP contribution in [0.2, 0.25) is 0 Å². The molecule has 3 aromatic rings. The first-order valence-electron chi connectivity index (χ1n) is 9.16. The molecule has 4 rings (SSSR count). The van der Waals surface area contributed by atoms with E-state index in [2.05, 4.69) is 26.8 Å². The highest BCUT2D eigenvalue weighted by atomic mass is 16.2. The van der Waals surface area contributed by atoms with Crippen molar-refractivity contribution in [1.82, 2.24) is 19.9 Å². The molecule has 1 fully saturated rings. The minimum absolute atomic E-state index is 0.0827. The summed E-state index contributed by atoms with van der Waals surface area (Å²) in [5.74, 6) is 1.36. The second-order valence-corrected chi connectivity index (χ2v) is 6.63. The van der Waals surface area contributed by atoms with Crippen LogP contribution in [0.15, 0.2) is 42.7 Å². The Morgan fingerprint density at radius 2 is 1.78 bits per heavy atom. The van der Waals surface area contributed by atoms with Crippen LogP contribution in [-0.4, -0.2) is 51.9 Å². The molecule has 0 unspecified atom stereocenters. The summed E-state index contributed by atoms with van der Waals surface area (Å²) >= 11 is 0. The van der Waals surface area contributed by atoms with Gasteiger partial charge in [0.15, 0.2) is 5.65 Å². The van der Waals surface area contributed by atoms with Gasteiger partial charge in [0.1, 0.15) is 18.0 Å². The van der Waals surface area contributed by atoms with E-state index in [-0.39, 0.29) is 5.91 Å². The normalized spacial score (nSPS) is 14.6. The molecular weight excluding hydrogens is 340 g/mol. The minimum Gasteiger partial charge on any atom is -0.384 e. The molecule has 2 N–H and O–H groups in total. The lowest BCUT2D eigenvalue weighted by Gasteiger charge is -2.35. The minimum atomic E-state index is 0.0827. The van der Waals surface area contributed by atoms with Gasteiger partial charge in [-0.15, -0.1) is 0 Å². The van der Waals surface area contributed by atoms with Crippen molar-refractivity contribution in [3.05, 3.63) is 53.9 Å². The number of carbonyl (C=O) groups excluding carboxylic acids is 1. The molecule has 2 aromatic heterocycles. The summed E-state index contributed by atoms with van der Waals surface area (Å²) in [4.78, 5) is 29.7. The van der Waals surface area contributed by atoms with Crippen molar-refractivity contribution in [3.63, 3.8) is 0 Å². The molecule has 138 valence electrons. The van der Waals surface area contributed by atoms with E-state index in [9.17, 15) is 4.79 Å². The van der Waals surface area contributed by atoms with Crippen LogP contribution in [0.25, 0.3) is 11.0 Å². The maximum atomic E-state index is 12.8. The van der Waals surface area contributed by atoms with E-state index in [1.165, 1.54) is 11.9 Å². The van der Waals surface area contributed by atoms with Crippen molar-refractivity contribution in [2.75, 3.05) is 36.8 Å². The maximum Gasteiger partial charge on any atom is 0.253 e. The highest BCUT2D eigenvalue weighted by Crippen LogP contribution is 2.24. The maximum absolute atomic E-state index is 12.8. The second-order valence-electron chi connectivity index (χ2n) is 6.63. The molecule has 1 saturated heterocycles. The Bertz CT molecular complexity index is 964. The lowest BCUT2D eigenvalue weighted by molar-refractivity contribution is 0.0746. The van der Waals surface area contributed by atoms with Gasteiger partial charge in [-0.2, -0.15) is 0 Å². The zero-order valence-corrected chi connectivity index (χ0v) is 15.3. The molecule has 0 radical (unpaired) electrons. The van der Waals surface area contributed by atoms with Gasteiger partial charge in [-0.05, 0) is 36.2 Å². The van der Waals surface area contributed by atoms with E-state index in [0.717, 1.165) is 36.3 Å². The van der Waals surface area contributed by atoms with Gasteiger partial charge >= 0.3 is 0 Å². The molecule has 3 heterocycles. The average Bonchev–Trinajstić information content (AvgIpc) is 2.73. The van der Waals surface area contributed by atoms with E-state index < -0.39 is 0 Å². The van der Waals surface area contributed by atoms with Gasteiger partial charge in [0.2, 0.25) is 0 Å². The zero-order valence-electron chi connectivity index (χ0n) is 15.3. The van der Waals surface area contributed by atoms with Crippen LogP contribution in [0.4, 0.5) is 11.6 Å². The number of benzene rings is 1. The third kappa shape index (κ3) is 3.40. The number of nitrogens with two attached hydrogens (primary N) is 1. The third-order valence-corrected chi connectivity index (χ3v) is 4.97. The number of anilines is 2. The first kappa shape index (κ1) is 17.2. The van der Waals surface area contributed by atoms with Crippen LogP contribution < -0.4 is 10.6 Å². The Hall–Kier alpha value is -3.22. The lowest BCUT2D eigenvalue weighted by Crippen LogP contribution is -2.49. The first-order valence-corrected chi connectivity index (χ1v) is 9.16.